The van der Waals surface area contributed by atoms with Gasteiger partial charge < -0.3 is 9.30 Å². The molecule has 0 saturated heterocycles. The number of halogens is 1. The molecule has 1 amide bonds. The second kappa shape index (κ2) is 6.08. The Morgan fingerprint density at radius 1 is 1.53 bits per heavy atom. The Morgan fingerprint density at radius 3 is 3.00 bits per heavy atom. The van der Waals surface area contributed by atoms with E-state index >= 15 is 0 Å². The number of hydrogen-bond donors (Lipinski definition) is 0. The molecule has 0 saturated carbocycles. The van der Waals surface area contributed by atoms with Gasteiger partial charge in [0.2, 0.25) is 5.91 Å². The van der Waals surface area contributed by atoms with Gasteiger partial charge in [0.1, 0.15) is 5.82 Å². The van der Waals surface area contributed by atoms with E-state index in [9.17, 15) is 9.18 Å². The molecule has 19 heavy (non-hydrogen) atoms. The lowest BCUT2D eigenvalue weighted by atomic mass is 10.3. The zero-order chi connectivity index (χ0) is 13.8. The number of benzene rings is 1. The molecule has 0 aliphatic carbocycles. The van der Waals surface area contributed by atoms with Crippen molar-refractivity contribution in [3.05, 3.63) is 28.8 Å². The molecule has 0 radical (unpaired) electrons. The van der Waals surface area contributed by atoms with Gasteiger partial charge in [-0.2, -0.15) is 4.99 Å². The monoisotopic (exact) mass is 282 g/mol. The number of aromatic nitrogens is 1. The number of ether oxygens (including phenoxy) is 1. The summed E-state index contributed by atoms with van der Waals surface area (Å²) in [6.45, 7) is 2.65. The normalized spacial score (nSPS) is 12.3. The van der Waals surface area contributed by atoms with Crippen LogP contribution < -0.4 is 4.80 Å². The molecular weight excluding hydrogens is 267 g/mol. The zero-order valence-corrected chi connectivity index (χ0v) is 11.7. The van der Waals surface area contributed by atoms with Crippen LogP contribution in [0.2, 0.25) is 0 Å². The summed E-state index contributed by atoms with van der Waals surface area (Å²) in [5.74, 6) is -0.520. The number of carbonyl (C=O) groups excluding carboxylic acids is 1. The SMILES string of the molecule is CCC(=O)N=c1sc2cccc(F)c2n1CCOC. The van der Waals surface area contributed by atoms with Crippen LogP contribution in [0.25, 0.3) is 10.2 Å². The topological polar surface area (TPSA) is 43.6 Å². The van der Waals surface area contributed by atoms with Gasteiger partial charge in [0, 0.05) is 20.1 Å². The largest absolute Gasteiger partial charge is 0.383 e. The number of fused-ring (bicyclic) bond motifs is 1. The summed E-state index contributed by atoms with van der Waals surface area (Å²) < 4.78 is 21.4. The average molecular weight is 282 g/mol. The number of para-hydroxylation sites is 1. The summed E-state index contributed by atoms with van der Waals surface area (Å²) in [5, 5.41) is 0. The Kier molecular flexibility index (Phi) is 4.44. The highest BCUT2D eigenvalue weighted by molar-refractivity contribution is 7.16. The van der Waals surface area contributed by atoms with Crippen molar-refractivity contribution < 1.29 is 13.9 Å². The molecule has 6 heteroatoms. The number of hydrogen-bond acceptors (Lipinski definition) is 3. The Balaban J connectivity index is 2.65. The first-order chi connectivity index (χ1) is 9.17. The molecule has 1 aromatic heterocycles. The molecule has 0 N–H and O–H groups in total. The van der Waals surface area contributed by atoms with Crippen molar-refractivity contribution in [2.24, 2.45) is 4.99 Å². The van der Waals surface area contributed by atoms with Crippen LogP contribution >= 0.6 is 11.3 Å². The predicted octanol–water partition coefficient (Wildman–Crippen LogP) is 2.33. The molecule has 0 aliphatic heterocycles. The number of rotatable bonds is 4. The fourth-order valence-corrected chi connectivity index (χ4v) is 2.84. The van der Waals surface area contributed by atoms with Crippen LogP contribution in [0.3, 0.4) is 0 Å². The van der Waals surface area contributed by atoms with Crippen molar-refractivity contribution in [1.82, 2.24) is 4.57 Å². The maximum absolute atomic E-state index is 13.9. The summed E-state index contributed by atoms with van der Waals surface area (Å²) in [6.07, 6.45) is 0.334. The van der Waals surface area contributed by atoms with Crippen LogP contribution in [0.15, 0.2) is 23.2 Å². The van der Waals surface area contributed by atoms with Gasteiger partial charge in [-0.25, -0.2) is 4.39 Å². The summed E-state index contributed by atoms with van der Waals surface area (Å²) in [6, 6.07) is 4.88. The van der Waals surface area contributed by atoms with Crippen molar-refractivity contribution in [2.45, 2.75) is 19.9 Å². The molecule has 0 atom stereocenters. The highest BCUT2D eigenvalue weighted by Gasteiger charge is 2.11. The lowest BCUT2D eigenvalue weighted by Gasteiger charge is -2.04. The number of amides is 1. The second-order valence-corrected chi connectivity index (χ2v) is 4.98. The van der Waals surface area contributed by atoms with Gasteiger partial charge >= 0.3 is 0 Å². The first-order valence-electron chi connectivity index (χ1n) is 6.01. The Labute approximate surface area is 114 Å². The van der Waals surface area contributed by atoms with Crippen LogP contribution in [-0.2, 0) is 16.1 Å². The molecule has 1 heterocycles. The standard InChI is InChI=1S/C13H15FN2O2S/c1-3-11(17)15-13-16(7-8-18-2)12-9(14)5-4-6-10(12)19-13/h4-6H,3,7-8H2,1-2H3. The van der Waals surface area contributed by atoms with Crippen LogP contribution in [-0.4, -0.2) is 24.2 Å². The van der Waals surface area contributed by atoms with Crippen LogP contribution in [0.1, 0.15) is 13.3 Å². The summed E-state index contributed by atoms with van der Waals surface area (Å²) >= 11 is 1.31. The Hall–Kier alpha value is -1.53. The molecule has 0 bridgehead atoms. The van der Waals surface area contributed by atoms with Crippen LogP contribution in [0.4, 0.5) is 4.39 Å². The van der Waals surface area contributed by atoms with Gasteiger partial charge in [0.25, 0.3) is 0 Å². The van der Waals surface area contributed by atoms with Gasteiger partial charge in [-0.3, -0.25) is 4.79 Å². The third-order valence-electron chi connectivity index (χ3n) is 2.69. The van der Waals surface area contributed by atoms with Crippen LogP contribution in [0.5, 0.6) is 0 Å². The molecular formula is C13H15FN2O2S. The zero-order valence-electron chi connectivity index (χ0n) is 10.9. The van der Waals surface area contributed by atoms with Crippen molar-refractivity contribution in [3.8, 4) is 0 Å². The van der Waals surface area contributed by atoms with E-state index in [1.807, 2.05) is 6.07 Å². The maximum atomic E-state index is 13.9. The maximum Gasteiger partial charge on any atom is 0.248 e. The van der Waals surface area contributed by atoms with Crippen LogP contribution in [0, 0.1) is 5.82 Å². The van der Waals surface area contributed by atoms with Crippen molar-refractivity contribution in [1.29, 1.82) is 0 Å². The minimum absolute atomic E-state index is 0.210. The molecule has 4 nitrogen and oxygen atoms in total. The minimum atomic E-state index is -0.310. The fraction of sp³-hybridized carbons (Fsp3) is 0.385. The van der Waals surface area contributed by atoms with Gasteiger partial charge in [-0.1, -0.05) is 24.3 Å². The van der Waals surface area contributed by atoms with Gasteiger partial charge in [-0.15, -0.1) is 0 Å². The number of nitrogens with zero attached hydrogens (tertiary/aromatic N) is 2. The Bertz CT molecular complexity index is 660. The van der Waals surface area contributed by atoms with Gasteiger partial charge in [-0.05, 0) is 12.1 Å². The first kappa shape index (κ1) is 13.9. The van der Waals surface area contributed by atoms with Gasteiger partial charge in [0.15, 0.2) is 4.80 Å². The molecule has 102 valence electrons. The van der Waals surface area contributed by atoms with Crippen molar-refractivity contribution in [3.63, 3.8) is 0 Å². The Morgan fingerprint density at radius 2 is 2.32 bits per heavy atom. The van der Waals surface area contributed by atoms with E-state index in [0.29, 0.717) is 29.9 Å². The molecule has 0 unspecified atom stereocenters. The molecule has 2 aromatic rings. The van der Waals surface area contributed by atoms with E-state index in [4.69, 9.17) is 4.74 Å². The second-order valence-electron chi connectivity index (χ2n) is 3.97. The number of thiazole rings is 1. The van der Waals surface area contributed by atoms with E-state index in [1.165, 1.54) is 17.4 Å². The molecule has 2 rings (SSSR count). The van der Waals surface area contributed by atoms with E-state index in [-0.39, 0.29) is 11.7 Å². The molecule has 0 aliphatic rings. The number of carbonyl (C=O) groups is 1. The van der Waals surface area contributed by atoms with Crippen molar-refractivity contribution in [2.75, 3.05) is 13.7 Å². The van der Waals surface area contributed by atoms with Gasteiger partial charge in [0.05, 0.1) is 16.8 Å². The highest BCUT2D eigenvalue weighted by atomic mass is 32.1. The lowest BCUT2D eigenvalue weighted by Crippen LogP contribution is -2.19. The smallest absolute Gasteiger partial charge is 0.248 e. The van der Waals surface area contributed by atoms with E-state index in [1.54, 1.807) is 24.7 Å². The minimum Gasteiger partial charge on any atom is -0.383 e. The highest BCUT2D eigenvalue weighted by Crippen LogP contribution is 2.20. The third-order valence-corrected chi connectivity index (χ3v) is 3.74. The van der Waals surface area contributed by atoms with E-state index in [2.05, 4.69) is 4.99 Å². The number of methoxy groups -OCH3 is 1. The summed E-state index contributed by atoms with van der Waals surface area (Å²) in [5.41, 5.74) is 0.479. The fourth-order valence-electron chi connectivity index (χ4n) is 1.75. The van der Waals surface area contributed by atoms with E-state index in [0.717, 1.165) is 4.70 Å². The molecule has 1 aromatic carbocycles. The summed E-state index contributed by atoms with van der Waals surface area (Å²) in [4.78, 5) is 16.0. The lowest BCUT2D eigenvalue weighted by molar-refractivity contribution is -0.117. The molecule has 0 fully saturated rings. The quantitative estimate of drug-likeness (QED) is 0.864. The predicted molar refractivity (Wildman–Crippen MR) is 72.5 cm³/mol. The van der Waals surface area contributed by atoms with Crippen molar-refractivity contribution >= 4 is 27.5 Å². The average Bonchev–Trinajstić information content (AvgIpc) is 2.75. The summed E-state index contributed by atoms with van der Waals surface area (Å²) in [7, 11) is 1.58. The van der Waals surface area contributed by atoms with E-state index < -0.39 is 0 Å². The third kappa shape index (κ3) is 2.90. The first-order valence-corrected chi connectivity index (χ1v) is 6.83. The molecule has 0 spiro atoms.